The molecule has 23 heavy (non-hydrogen) atoms. The highest BCUT2D eigenvalue weighted by atomic mass is 32.2. The fourth-order valence-electron chi connectivity index (χ4n) is 2.11. The van der Waals surface area contributed by atoms with E-state index in [1.807, 2.05) is 6.07 Å². The molecule has 8 heteroatoms. The van der Waals surface area contributed by atoms with Gasteiger partial charge in [0, 0.05) is 18.0 Å². The van der Waals surface area contributed by atoms with Gasteiger partial charge in [0.15, 0.2) is 5.84 Å². The zero-order chi connectivity index (χ0) is 15.8. The van der Waals surface area contributed by atoms with Gasteiger partial charge < -0.3 is 4.42 Å². The third kappa shape index (κ3) is 2.38. The molecule has 0 unspecified atom stereocenters. The number of amidine groups is 2. The molecule has 2 aromatic rings. The molecule has 2 aromatic heterocycles. The molecule has 0 aliphatic carbocycles. The Morgan fingerprint density at radius 2 is 2.22 bits per heavy atom. The molecular weight excluding hydrogens is 314 g/mol. The number of hydrazone groups is 1. The van der Waals surface area contributed by atoms with Crippen molar-refractivity contribution in [3.8, 4) is 0 Å². The number of pyridine rings is 1. The number of nitrogens with zero attached hydrogens (tertiary/aromatic N) is 4. The van der Waals surface area contributed by atoms with E-state index in [2.05, 4.69) is 15.1 Å². The van der Waals surface area contributed by atoms with Crippen molar-refractivity contribution >= 4 is 39.8 Å². The lowest BCUT2D eigenvalue weighted by Crippen LogP contribution is -2.35. The number of nitrogens with one attached hydrogen (secondary N) is 1. The van der Waals surface area contributed by atoms with Gasteiger partial charge in [-0.05, 0) is 42.1 Å². The van der Waals surface area contributed by atoms with Gasteiger partial charge in [0.25, 0.3) is 5.91 Å². The quantitative estimate of drug-likeness (QED) is 0.856. The summed E-state index contributed by atoms with van der Waals surface area (Å²) in [5.74, 6) is -0.0179. The summed E-state index contributed by atoms with van der Waals surface area (Å²) in [6, 6.07) is 7.08. The Hall–Kier alpha value is -3.00. The molecule has 1 amide bonds. The van der Waals surface area contributed by atoms with Crippen LogP contribution >= 0.6 is 11.8 Å². The second-order valence-electron chi connectivity index (χ2n) is 4.68. The van der Waals surface area contributed by atoms with Crippen molar-refractivity contribution in [3.63, 3.8) is 0 Å². The van der Waals surface area contributed by atoms with E-state index in [0.29, 0.717) is 16.0 Å². The average molecular weight is 323 g/mol. The fraction of sp³-hybridized carbons (Fsp3) is 0. The normalized spacial score (nSPS) is 19.0. The molecule has 4 rings (SSSR count). The van der Waals surface area contributed by atoms with Gasteiger partial charge in [0.05, 0.1) is 11.8 Å². The van der Waals surface area contributed by atoms with Gasteiger partial charge in [-0.2, -0.15) is 15.1 Å². The SMILES string of the molecule is N=C1C(=Cc2ccco2)C(=O)N=C2SC(c3cccnc3)=NN12. The number of fused-ring (bicyclic) bond motifs is 1. The van der Waals surface area contributed by atoms with Gasteiger partial charge in [-0.1, -0.05) is 0 Å². The molecule has 0 bridgehead atoms. The van der Waals surface area contributed by atoms with Crippen LogP contribution in [0.1, 0.15) is 11.3 Å². The molecule has 0 spiro atoms. The summed E-state index contributed by atoms with van der Waals surface area (Å²) in [5, 5.41) is 15.0. The molecule has 4 heterocycles. The molecule has 112 valence electrons. The van der Waals surface area contributed by atoms with Crippen LogP contribution in [0.25, 0.3) is 6.08 Å². The minimum atomic E-state index is -0.479. The Labute approximate surface area is 134 Å². The Bertz CT molecular complexity index is 884. The maximum atomic E-state index is 12.2. The van der Waals surface area contributed by atoms with Crippen LogP contribution in [-0.2, 0) is 4.79 Å². The van der Waals surface area contributed by atoms with Crippen LogP contribution in [-0.4, -0.2) is 31.9 Å². The number of thioether (sulfide) groups is 1. The first-order valence-electron chi connectivity index (χ1n) is 6.66. The van der Waals surface area contributed by atoms with E-state index in [9.17, 15) is 4.79 Å². The van der Waals surface area contributed by atoms with Crippen LogP contribution in [0.3, 0.4) is 0 Å². The highest BCUT2D eigenvalue weighted by Gasteiger charge is 2.36. The number of hydrogen-bond donors (Lipinski definition) is 1. The second-order valence-corrected chi connectivity index (χ2v) is 5.64. The summed E-state index contributed by atoms with van der Waals surface area (Å²) in [7, 11) is 0. The molecule has 1 N–H and O–H groups in total. The predicted octanol–water partition coefficient (Wildman–Crippen LogP) is 2.34. The summed E-state index contributed by atoms with van der Waals surface area (Å²) in [6.07, 6.45) is 6.34. The van der Waals surface area contributed by atoms with E-state index in [4.69, 9.17) is 9.83 Å². The van der Waals surface area contributed by atoms with Crippen molar-refractivity contribution in [2.45, 2.75) is 0 Å². The summed E-state index contributed by atoms with van der Waals surface area (Å²) < 4.78 is 5.19. The van der Waals surface area contributed by atoms with Gasteiger partial charge in [-0.25, -0.2) is 0 Å². The number of rotatable bonds is 2. The van der Waals surface area contributed by atoms with Gasteiger partial charge in [-0.3, -0.25) is 15.2 Å². The molecular formula is C15H9N5O2S. The Balaban J connectivity index is 1.71. The monoisotopic (exact) mass is 323 g/mol. The van der Waals surface area contributed by atoms with Crippen LogP contribution in [0, 0.1) is 5.41 Å². The third-order valence-corrected chi connectivity index (χ3v) is 4.15. The zero-order valence-corrected chi connectivity index (χ0v) is 12.4. The van der Waals surface area contributed by atoms with Crippen LogP contribution in [0.4, 0.5) is 0 Å². The summed E-state index contributed by atoms with van der Waals surface area (Å²) in [6.45, 7) is 0. The lowest BCUT2D eigenvalue weighted by Gasteiger charge is -2.19. The van der Waals surface area contributed by atoms with Crippen LogP contribution in [0.5, 0.6) is 0 Å². The van der Waals surface area contributed by atoms with Crippen molar-refractivity contribution in [3.05, 3.63) is 59.8 Å². The molecule has 0 saturated heterocycles. The summed E-state index contributed by atoms with van der Waals surface area (Å²) >= 11 is 1.24. The smallest absolute Gasteiger partial charge is 0.283 e. The summed E-state index contributed by atoms with van der Waals surface area (Å²) in [5.41, 5.74) is 0.951. The molecule has 0 atom stereocenters. The average Bonchev–Trinajstić information content (AvgIpc) is 3.22. The van der Waals surface area contributed by atoms with E-state index in [-0.39, 0.29) is 11.4 Å². The van der Waals surface area contributed by atoms with E-state index < -0.39 is 5.91 Å². The van der Waals surface area contributed by atoms with Crippen molar-refractivity contribution < 1.29 is 9.21 Å². The lowest BCUT2D eigenvalue weighted by molar-refractivity contribution is -0.114. The first kappa shape index (κ1) is 13.6. The molecule has 0 aromatic carbocycles. The number of amides is 1. The number of hydrogen-bond acceptors (Lipinski definition) is 6. The number of aliphatic imine (C=N–C) groups is 1. The fourth-order valence-corrected chi connectivity index (χ4v) is 2.99. The van der Waals surface area contributed by atoms with E-state index >= 15 is 0 Å². The highest BCUT2D eigenvalue weighted by Crippen LogP contribution is 2.30. The van der Waals surface area contributed by atoms with Crippen molar-refractivity contribution in [2.75, 3.05) is 0 Å². The maximum absolute atomic E-state index is 12.2. The van der Waals surface area contributed by atoms with E-state index in [1.54, 1.807) is 30.6 Å². The van der Waals surface area contributed by atoms with Crippen molar-refractivity contribution in [1.82, 2.24) is 9.99 Å². The van der Waals surface area contributed by atoms with Gasteiger partial charge in [0.2, 0.25) is 5.17 Å². The van der Waals surface area contributed by atoms with Gasteiger partial charge >= 0.3 is 0 Å². The first-order chi connectivity index (χ1) is 11.2. The number of furan rings is 1. The number of aromatic nitrogens is 1. The van der Waals surface area contributed by atoms with Crippen molar-refractivity contribution in [1.29, 1.82) is 5.41 Å². The number of carbonyl (C=O) groups is 1. The minimum absolute atomic E-state index is 0.0252. The molecule has 7 nitrogen and oxygen atoms in total. The molecule has 2 aliphatic rings. The standard InChI is InChI=1S/C15H9N5O2S/c16-12-11(7-10-4-2-6-22-10)13(21)18-15-20(12)19-14(23-15)9-3-1-5-17-8-9/h1-8,16H. The van der Waals surface area contributed by atoms with Gasteiger partial charge in [0.1, 0.15) is 10.8 Å². The van der Waals surface area contributed by atoms with Crippen LogP contribution < -0.4 is 0 Å². The molecule has 0 radical (unpaired) electrons. The maximum Gasteiger partial charge on any atom is 0.283 e. The predicted molar refractivity (Wildman–Crippen MR) is 87.1 cm³/mol. The first-order valence-corrected chi connectivity index (χ1v) is 7.48. The second kappa shape index (κ2) is 5.33. The van der Waals surface area contributed by atoms with Gasteiger partial charge in [-0.15, -0.1) is 0 Å². The molecule has 2 aliphatic heterocycles. The topological polar surface area (TPSA) is 94.9 Å². The highest BCUT2D eigenvalue weighted by molar-refractivity contribution is 8.27. The Morgan fingerprint density at radius 3 is 2.96 bits per heavy atom. The van der Waals surface area contributed by atoms with Crippen LogP contribution in [0.15, 0.2) is 63.0 Å². The zero-order valence-electron chi connectivity index (χ0n) is 11.6. The molecule has 0 fully saturated rings. The summed E-state index contributed by atoms with van der Waals surface area (Å²) in [4.78, 5) is 20.2. The van der Waals surface area contributed by atoms with E-state index in [0.717, 1.165) is 5.56 Å². The van der Waals surface area contributed by atoms with E-state index in [1.165, 1.54) is 29.1 Å². The molecule has 0 saturated carbocycles. The van der Waals surface area contributed by atoms with Crippen LogP contribution in [0.2, 0.25) is 0 Å². The Kier molecular flexibility index (Phi) is 3.16. The lowest BCUT2D eigenvalue weighted by atomic mass is 10.1. The minimum Gasteiger partial charge on any atom is -0.465 e. The number of carbonyl (C=O) groups excluding carboxylic acids is 1. The Morgan fingerprint density at radius 1 is 1.30 bits per heavy atom. The third-order valence-electron chi connectivity index (χ3n) is 3.19. The largest absolute Gasteiger partial charge is 0.465 e. The van der Waals surface area contributed by atoms with Crippen molar-refractivity contribution in [2.24, 2.45) is 10.1 Å².